The number of carbonyl (C=O) groups excluding carboxylic acids is 4. The molecule has 1 aliphatic rings. The number of amides is 4. The number of rotatable bonds is 7. The van der Waals surface area contributed by atoms with Gasteiger partial charge in [0.2, 0.25) is 5.91 Å². The third kappa shape index (κ3) is 4.49. The Kier molecular flexibility index (Phi) is 7.13. The van der Waals surface area contributed by atoms with Gasteiger partial charge in [-0.25, -0.2) is 0 Å². The van der Waals surface area contributed by atoms with E-state index in [-0.39, 0.29) is 18.8 Å². The molecule has 1 aliphatic heterocycles. The first-order valence-electron chi connectivity index (χ1n) is 13.2. The predicted octanol–water partition coefficient (Wildman–Crippen LogP) is 3.18. The maximum Gasteiger partial charge on any atom is 0.268 e. The van der Waals surface area contributed by atoms with E-state index < -0.39 is 41.1 Å². The fourth-order valence-electron chi connectivity index (χ4n) is 5.63. The van der Waals surface area contributed by atoms with E-state index in [1.807, 2.05) is 50.2 Å². The molecule has 2 atom stereocenters. The first kappa shape index (κ1) is 26.7. The van der Waals surface area contributed by atoms with Crippen molar-refractivity contribution in [2.45, 2.75) is 25.4 Å². The van der Waals surface area contributed by atoms with Crippen LogP contribution in [0, 0.1) is 5.92 Å². The summed E-state index contributed by atoms with van der Waals surface area (Å²) < 4.78 is 0. The Morgan fingerprint density at radius 3 is 2.15 bits per heavy atom. The zero-order valence-corrected chi connectivity index (χ0v) is 22.3. The van der Waals surface area contributed by atoms with Crippen LogP contribution in [-0.2, 0) is 19.9 Å². The fraction of sp³-hybridized carbons (Fsp3) is 0.226. The van der Waals surface area contributed by atoms with E-state index in [4.69, 9.17) is 5.73 Å². The van der Waals surface area contributed by atoms with E-state index in [0.29, 0.717) is 11.3 Å². The lowest BCUT2D eigenvalue weighted by Gasteiger charge is -2.45. The second-order valence-electron chi connectivity index (χ2n) is 10.1. The van der Waals surface area contributed by atoms with Crippen LogP contribution in [0.5, 0.6) is 0 Å². The second-order valence-corrected chi connectivity index (χ2v) is 10.1. The Hall–Kier alpha value is -4.92. The molecular formula is C31H31N5O4. The smallest absolute Gasteiger partial charge is 0.268 e. The summed E-state index contributed by atoms with van der Waals surface area (Å²) >= 11 is 0. The molecule has 4 amide bonds. The maximum atomic E-state index is 14.3. The van der Waals surface area contributed by atoms with Gasteiger partial charge < -0.3 is 25.8 Å². The molecule has 0 saturated carbocycles. The number of primary amides is 1. The Morgan fingerprint density at radius 2 is 1.52 bits per heavy atom. The molecule has 9 nitrogen and oxygen atoms in total. The molecule has 204 valence electrons. The first-order chi connectivity index (χ1) is 19.2. The highest BCUT2D eigenvalue weighted by Crippen LogP contribution is 2.38. The third-order valence-electron chi connectivity index (χ3n) is 7.54. The van der Waals surface area contributed by atoms with Crippen LogP contribution in [0.1, 0.15) is 29.9 Å². The van der Waals surface area contributed by atoms with Crippen molar-refractivity contribution in [3.05, 3.63) is 102 Å². The van der Waals surface area contributed by atoms with E-state index >= 15 is 0 Å². The molecule has 40 heavy (non-hydrogen) atoms. The number of nitrogens with one attached hydrogen (secondary N) is 2. The van der Waals surface area contributed by atoms with Crippen LogP contribution in [0.15, 0.2) is 91.0 Å². The summed E-state index contributed by atoms with van der Waals surface area (Å²) in [6, 6.07) is 25.2. The van der Waals surface area contributed by atoms with Crippen LogP contribution >= 0.6 is 0 Å². The molecule has 1 aromatic heterocycles. The molecule has 0 aliphatic carbocycles. The molecule has 0 spiro atoms. The van der Waals surface area contributed by atoms with Crippen molar-refractivity contribution < 1.29 is 19.2 Å². The number of para-hydroxylation sites is 2. The highest BCUT2D eigenvalue weighted by atomic mass is 16.2. The predicted molar refractivity (Wildman–Crippen MR) is 152 cm³/mol. The number of nitrogens with two attached hydrogens (primary N) is 1. The van der Waals surface area contributed by atoms with Gasteiger partial charge in [-0.3, -0.25) is 19.2 Å². The van der Waals surface area contributed by atoms with Gasteiger partial charge in [0.15, 0.2) is 6.04 Å². The molecule has 2 unspecified atom stereocenters. The number of aromatic nitrogens is 1. The van der Waals surface area contributed by atoms with Gasteiger partial charge in [0, 0.05) is 29.7 Å². The van der Waals surface area contributed by atoms with E-state index in [0.717, 1.165) is 10.9 Å². The Balaban J connectivity index is 1.61. The van der Waals surface area contributed by atoms with Gasteiger partial charge in [-0.05, 0) is 35.7 Å². The molecule has 1 saturated heterocycles. The highest BCUT2D eigenvalue weighted by molar-refractivity contribution is 6.16. The average Bonchev–Trinajstić information content (AvgIpc) is 3.36. The number of H-pyrrole nitrogens is 1. The minimum atomic E-state index is -1.59. The first-order valence-corrected chi connectivity index (χ1v) is 13.2. The summed E-state index contributed by atoms with van der Waals surface area (Å²) in [5.41, 5.74) is 6.58. The molecular weight excluding hydrogens is 506 g/mol. The summed E-state index contributed by atoms with van der Waals surface area (Å²) in [6.45, 7) is 3.74. The van der Waals surface area contributed by atoms with Gasteiger partial charge >= 0.3 is 0 Å². The van der Waals surface area contributed by atoms with E-state index in [1.54, 1.807) is 54.6 Å². The average molecular weight is 538 g/mol. The SMILES string of the molecule is CC(C)C(C(N)=O)(c1ccccc1)N1CCN(c2ccccc2)C(=O)C(NC(=O)c2cc3ccccc3[nH]2)C1=O. The van der Waals surface area contributed by atoms with Crippen molar-refractivity contribution in [2.75, 3.05) is 18.0 Å². The molecule has 3 aromatic carbocycles. The van der Waals surface area contributed by atoms with Crippen LogP contribution in [0.2, 0.25) is 0 Å². The maximum absolute atomic E-state index is 14.3. The minimum Gasteiger partial charge on any atom is -0.367 e. The van der Waals surface area contributed by atoms with E-state index in [1.165, 1.54) is 9.80 Å². The Morgan fingerprint density at radius 1 is 0.900 bits per heavy atom. The van der Waals surface area contributed by atoms with E-state index in [2.05, 4.69) is 10.3 Å². The molecule has 0 radical (unpaired) electrons. The summed E-state index contributed by atoms with van der Waals surface area (Å²) in [5, 5.41) is 3.48. The Bertz CT molecular complexity index is 1530. The highest BCUT2D eigenvalue weighted by Gasteiger charge is 2.53. The molecule has 2 heterocycles. The van der Waals surface area contributed by atoms with Crippen LogP contribution in [0.25, 0.3) is 10.9 Å². The molecule has 4 aromatic rings. The second kappa shape index (κ2) is 10.7. The number of hydrogen-bond acceptors (Lipinski definition) is 4. The quantitative estimate of drug-likeness (QED) is 0.313. The Labute approximate surface area is 232 Å². The van der Waals surface area contributed by atoms with Crippen molar-refractivity contribution in [1.82, 2.24) is 15.2 Å². The summed E-state index contributed by atoms with van der Waals surface area (Å²) in [5.74, 6) is -3.09. The van der Waals surface area contributed by atoms with Gasteiger partial charge in [-0.1, -0.05) is 80.6 Å². The van der Waals surface area contributed by atoms with Gasteiger partial charge in [-0.15, -0.1) is 0 Å². The molecule has 0 bridgehead atoms. The van der Waals surface area contributed by atoms with Crippen molar-refractivity contribution >= 4 is 40.2 Å². The fourth-order valence-corrected chi connectivity index (χ4v) is 5.63. The zero-order valence-electron chi connectivity index (χ0n) is 22.3. The van der Waals surface area contributed by atoms with Crippen LogP contribution in [0.4, 0.5) is 5.69 Å². The van der Waals surface area contributed by atoms with Crippen molar-refractivity contribution in [1.29, 1.82) is 0 Å². The lowest BCUT2D eigenvalue weighted by atomic mass is 9.77. The standard InChI is InChI=1S/C31H31N5O4/c1-20(2)31(30(32)40,22-12-5-3-6-13-22)36-18-17-35(23-14-7-4-8-15-23)28(38)26(29(36)39)34-27(37)25-19-21-11-9-10-16-24(21)33-25/h3-16,19-20,26,33H,17-18H2,1-2H3,(H2,32,40)(H,34,37). The van der Waals surface area contributed by atoms with Crippen LogP contribution in [-0.4, -0.2) is 52.6 Å². The van der Waals surface area contributed by atoms with Crippen LogP contribution < -0.4 is 16.0 Å². The van der Waals surface area contributed by atoms with Gasteiger partial charge in [0.25, 0.3) is 17.7 Å². The van der Waals surface area contributed by atoms with Crippen LogP contribution in [0.3, 0.4) is 0 Å². The number of fused-ring (bicyclic) bond motifs is 1. The minimum absolute atomic E-state index is 0.0221. The molecule has 9 heteroatoms. The van der Waals surface area contributed by atoms with Crippen molar-refractivity contribution in [3.8, 4) is 0 Å². The summed E-state index contributed by atoms with van der Waals surface area (Å²) in [7, 11) is 0. The lowest BCUT2D eigenvalue weighted by Crippen LogP contribution is -2.64. The van der Waals surface area contributed by atoms with Gasteiger partial charge in [-0.2, -0.15) is 0 Å². The number of hydrogen-bond donors (Lipinski definition) is 3. The number of carbonyl (C=O) groups is 4. The number of nitrogens with zero attached hydrogens (tertiary/aromatic N) is 2. The topological polar surface area (TPSA) is 129 Å². The monoisotopic (exact) mass is 537 g/mol. The van der Waals surface area contributed by atoms with Gasteiger partial charge in [0.05, 0.1) is 0 Å². The summed E-state index contributed by atoms with van der Waals surface area (Å²) in [6.07, 6.45) is 0. The third-order valence-corrected chi connectivity index (χ3v) is 7.54. The van der Waals surface area contributed by atoms with Gasteiger partial charge in [0.1, 0.15) is 11.2 Å². The number of aromatic amines is 1. The number of benzene rings is 3. The lowest BCUT2D eigenvalue weighted by molar-refractivity contribution is -0.152. The zero-order chi connectivity index (χ0) is 28.4. The molecule has 4 N–H and O–H groups in total. The molecule has 5 rings (SSSR count). The number of anilines is 1. The van der Waals surface area contributed by atoms with E-state index in [9.17, 15) is 19.2 Å². The largest absolute Gasteiger partial charge is 0.367 e. The summed E-state index contributed by atoms with van der Waals surface area (Å²) in [4.78, 5) is 61.0. The van der Waals surface area contributed by atoms with Crippen molar-refractivity contribution in [2.24, 2.45) is 11.7 Å². The molecule has 1 fully saturated rings. The normalized spacial score (nSPS) is 17.5. The van der Waals surface area contributed by atoms with Crippen molar-refractivity contribution in [3.63, 3.8) is 0 Å².